The van der Waals surface area contributed by atoms with Gasteiger partial charge in [0.15, 0.2) is 0 Å². The summed E-state index contributed by atoms with van der Waals surface area (Å²) in [6.45, 7) is 2.89. The van der Waals surface area contributed by atoms with Crippen molar-refractivity contribution in [3.05, 3.63) is 28.2 Å². The van der Waals surface area contributed by atoms with Crippen LogP contribution in [-0.2, 0) is 9.59 Å². The van der Waals surface area contributed by atoms with Gasteiger partial charge in [-0.1, -0.05) is 23.2 Å². The number of anilines is 1. The molecule has 2 rings (SSSR count). The number of hydrogen-bond donors (Lipinski definition) is 2. The van der Waals surface area contributed by atoms with Crippen molar-refractivity contribution in [2.45, 2.75) is 0 Å². The van der Waals surface area contributed by atoms with Gasteiger partial charge in [-0.3, -0.25) is 14.5 Å². The smallest absolute Gasteiger partial charge is 0.313 e. The zero-order valence-corrected chi connectivity index (χ0v) is 13.4. The average molecular weight is 346 g/mol. The number of hydrogen-bond acceptors (Lipinski definition) is 4. The van der Waals surface area contributed by atoms with Crippen molar-refractivity contribution >= 4 is 40.7 Å². The van der Waals surface area contributed by atoms with Gasteiger partial charge in [0.05, 0.1) is 16.7 Å². The Morgan fingerprint density at radius 2 is 1.82 bits per heavy atom. The molecular formula is C14H17Cl2N3O3. The first-order valence-corrected chi connectivity index (χ1v) is 7.65. The fourth-order valence-electron chi connectivity index (χ4n) is 2.22. The lowest BCUT2D eigenvalue weighted by Crippen LogP contribution is -2.52. The van der Waals surface area contributed by atoms with Gasteiger partial charge in [-0.15, -0.1) is 0 Å². The number of aliphatic hydroxyl groups excluding tert-OH is 1. The summed E-state index contributed by atoms with van der Waals surface area (Å²) < 4.78 is 0. The quantitative estimate of drug-likeness (QED) is 0.803. The Hall–Kier alpha value is -1.34. The van der Waals surface area contributed by atoms with Crippen molar-refractivity contribution in [3.63, 3.8) is 0 Å². The molecule has 1 aliphatic rings. The predicted molar refractivity (Wildman–Crippen MR) is 85.2 cm³/mol. The summed E-state index contributed by atoms with van der Waals surface area (Å²) in [5.41, 5.74) is 0.423. The van der Waals surface area contributed by atoms with E-state index in [1.54, 1.807) is 12.1 Å². The van der Waals surface area contributed by atoms with E-state index in [9.17, 15) is 9.59 Å². The first kappa shape index (κ1) is 17.0. The molecule has 8 heteroatoms. The van der Waals surface area contributed by atoms with E-state index in [1.165, 1.54) is 11.0 Å². The first-order chi connectivity index (χ1) is 10.5. The van der Waals surface area contributed by atoms with Gasteiger partial charge in [0, 0.05) is 38.4 Å². The van der Waals surface area contributed by atoms with Gasteiger partial charge < -0.3 is 15.3 Å². The molecule has 1 aromatic rings. The van der Waals surface area contributed by atoms with Gasteiger partial charge in [0.1, 0.15) is 0 Å². The maximum Gasteiger partial charge on any atom is 0.313 e. The molecule has 1 saturated heterocycles. The largest absolute Gasteiger partial charge is 0.395 e. The van der Waals surface area contributed by atoms with Crippen LogP contribution in [0.25, 0.3) is 0 Å². The SMILES string of the molecule is O=C(Nc1ccc(Cl)c(Cl)c1)C(=O)N1CCN(CCO)CC1. The zero-order valence-electron chi connectivity index (χ0n) is 11.9. The maximum absolute atomic E-state index is 12.1. The van der Waals surface area contributed by atoms with Crippen LogP contribution in [0.3, 0.4) is 0 Å². The highest BCUT2D eigenvalue weighted by molar-refractivity contribution is 6.42. The van der Waals surface area contributed by atoms with Crippen LogP contribution in [0.4, 0.5) is 5.69 Å². The summed E-state index contributed by atoms with van der Waals surface area (Å²) >= 11 is 11.7. The summed E-state index contributed by atoms with van der Waals surface area (Å²) in [6.07, 6.45) is 0. The van der Waals surface area contributed by atoms with E-state index in [0.29, 0.717) is 48.5 Å². The summed E-state index contributed by atoms with van der Waals surface area (Å²) in [7, 11) is 0. The highest BCUT2D eigenvalue weighted by Crippen LogP contribution is 2.25. The molecule has 0 spiro atoms. The fraction of sp³-hybridized carbons (Fsp3) is 0.429. The van der Waals surface area contributed by atoms with Gasteiger partial charge in [-0.05, 0) is 18.2 Å². The first-order valence-electron chi connectivity index (χ1n) is 6.90. The minimum absolute atomic E-state index is 0.0890. The Balaban J connectivity index is 1.90. The van der Waals surface area contributed by atoms with E-state index in [2.05, 4.69) is 5.32 Å². The Labute approximate surface area is 138 Å². The second-order valence-electron chi connectivity index (χ2n) is 4.94. The molecular weight excluding hydrogens is 329 g/mol. The van der Waals surface area contributed by atoms with E-state index in [0.717, 1.165) is 0 Å². The monoisotopic (exact) mass is 345 g/mol. The molecule has 0 aromatic heterocycles. The minimum atomic E-state index is -0.700. The molecule has 6 nitrogen and oxygen atoms in total. The van der Waals surface area contributed by atoms with Crippen molar-refractivity contribution in [1.29, 1.82) is 0 Å². The number of amides is 2. The minimum Gasteiger partial charge on any atom is -0.395 e. The molecule has 0 atom stereocenters. The number of rotatable bonds is 3. The van der Waals surface area contributed by atoms with Crippen LogP contribution >= 0.6 is 23.2 Å². The number of carbonyl (C=O) groups excluding carboxylic acids is 2. The van der Waals surface area contributed by atoms with E-state index < -0.39 is 11.8 Å². The summed E-state index contributed by atoms with van der Waals surface area (Å²) in [4.78, 5) is 27.6. The third-order valence-electron chi connectivity index (χ3n) is 3.45. The second kappa shape index (κ2) is 7.78. The fourth-order valence-corrected chi connectivity index (χ4v) is 2.52. The topological polar surface area (TPSA) is 72.9 Å². The van der Waals surface area contributed by atoms with E-state index in [4.69, 9.17) is 28.3 Å². The van der Waals surface area contributed by atoms with E-state index >= 15 is 0 Å². The Kier molecular flexibility index (Phi) is 6.02. The molecule has 2 amide bonds. The molecule has 0 aliphatic carbocycles. The van der Waals surface area contributed by atoms with Crippen LogP contribution in [0.1, 0.15) is 0 Å². The molecule has 22 heavy (non-hydrogen) atoms. The number of benzene rings is 1. The molecule has 1 aromatic carbocycles. The number of aliphatic hydroxyl groups is 1. The Morgan fingerprint density at radius 3 is 2.41 bits per heavy atom. The third kappa shape index (κ3) is 4.33. The maximum atomic E-state index is 12.1. The summed E-state index contributed by atoms with van der Waals surface area (Å²) in [5, 5.41) is 12.1. The molecule has 0 bridgehead atoms. The van der Waals surface area contributed by atoms with Crippen molar-refractivity contribution in [3.8, 4) is 0 Å². The van der Waals surface area contributed by atoms with Crippen LogP contribution in [0.5, 0.6) is 0 Å². The molecule has 0 unspecified atom stereocenters. The molecule has 0 radical (unpaired) electrons. The highest BCUT2D eigenvalue weighted by Gasteiger charge is 2.25. The summed E-state index contributed by atoms with van der Waals surface area (Å²) in [6, 6.07) is 4.63. The van der Waals surface area contributed by atoms with Crippen molar-refractivity contribution in [2.24, 2.45) is 0 Å². The number of nitrogens with one attached hydrogen (secondary N) is 1. The lowest BCUT2D eigenvalue weighted by molar-refractivity contribution is -0.144. The zero-order chi connectivity index (χ0) is 16.1. The Morgan fingerprint density at radius 1 is 1.14 bits per heavy atom. The van der Waals surface area contributed by atoms with Crippen LogP contribution in [0, 0.1) is 0 Å². The lowest BCUT2D eigenvalue weighted by Gasteiger charge is -2.33. The standard InChI is InChI=1S/C14H17Cl2N3O3/c15-11-2-1-10(9-12(11)16)17-13(21)14(22)19-5-3-18(4-6-19)7-8-20/h1-2,9,20H,3-8H2,(H,17,21). The molecule has 1 aliphatic heterocycles. The van der Waals surface area contributed by atoms with E-state index in [1.807, 2.05) is 4.90 Å². The third-order valence-corrected chi connectivity index (χ3v) is 4.19. The van der Waals surface area contributed by atoms with Gasteiger partial charge in [-0.2, -0.15) is 0 Å². The number of piperazine rings is 1. The molecule has 1 fully saturated rings. The van der Waals surface area contributed by atoms with Crippen molar-refractivity contribution < 1.29 is 14.7 Å². The van der Waals surface area contributed by atoms with Crippen molar-refractivity contribution in [2.75, 3.05) is 44.6 Å². The Bertz CT molecular complexity index is 560. The summed E-state index contributed by atoms with van der Waals surface area (Å²) in [5.74, 6) is -1.27. The number of carbonyl (C=O) groups is 2. The predicted octanol–water partition coefficient (Wildman–Crippen LogP) is 1.07. The molecule has 0 saturated carbocycles. The molecule has 1 heterocycles. The van der Waals surface area contributed by atoms with Crippen LogP contribution in [0.15, 0.2) is 18.2 Å². The second-order valence-corrected chi connectivity index (χ2v) is 5.75. The highest BCUT2D eigenvalue weighted by atomic mass is 35.5. The van der Waals surface area contributed by atoms with Gasteiger partial charge in [0.2, 0.25) is 0 Å². The normalized spacial score (nSPS) is 15.7. The van der Waals surface area contributed by atoms with Gasteiger partial charge in [-0.25, -0.2) is 0 Å². The van der Waals surface area contributed by atoms with Crippen LogP contribution in [-0.4, -0.2) is 66.1 Å². The van der Waals surface area contributed by atoms with E-state index in [-0.39, 0.29) is 6.61 Å². The number of halogens is 2. The van der Waals surface area contributed by atoms with Gasteiger partial charge >= 0.3 is 11.8 Å². The van der Waals surface area contributed by atoms with Crippen molar-refractivity contribution in [1.82, 2.24) is 9.80 Å². The molecule has 2 N–H and O–H groups in total. The average Bonchev–Trinajstić information content (AvgIpc) is 2.51. The number of β-amino-alcohol motifs (C(OH)–C–C–N with tert-alkyl or cyclic N) is 1. The lowest BCUT2D eigenvalue weighted by atomic mass is 10.3. The molecule has 120 valence electrons. The van der Waals surface area contributed by atoms with Crippen LogP contribution < -0.4 is 5.32 Å². The van der Waals surface area contributed by atoms with Crippen LogP contribution in [0.2, 0.25) is 10.0 Å². The number of nitrogens with zero attached hydrogens (tertiary/aromatic N) is 2. The van der Waals surface area contributed by atoms with Gasteiger partial charge in [0.25, 0.3) is 0 Å².